The minimum absolute atomic E-state index is 0.416. The maximum absolute atomic E-state index is 11.6. The summed E-state index contributed by atoms with van der Waals surface area (Å²) in [5, 5.41) is 0.924. The summed E-state index contributed by atoms with van der Waals surface area (Å²) in [6, 6.07) is 3.91. The number of carbonyl (C=O) groups excluding carboxylic acids is 1. The molecule has 0 saturated heterocycles. The van der Waals surface area contributed by atoms with E-state index in [1.54, 1.807) is 18.2 Å². The van der Waals surface area contributed by atoms with Crippen molar-refractivity contribution in [1.29, 1.82) is 0 Å². The summed E-state index contributed by atoms with van der Waals surface area (Å²) in [6.45, 7) is 0. The molecule has 7 heteroatoms. The maximum atomic E-state index is 11.6. The van der Waals surface area contributed by atoms with Crippen molar-refractivity contribution in [3.63, 3.8) is 0 Å². The Morgan fingerprint density at radius 2 is 2.24 bits per heavy atom. The average molecular weight is 236 g/mol. The minimum atomic E-state index is -0.868. The number of rotatable bonds is 2. The normalized spacial score (nSPS) is 12.6. The van der Waals surface area contributed by atoms with Crippen LogP contribution in [-0.4, -0.2) is 22.9 Å². The first-order valence-corrected chi connectivity index (χ1v) is 4.89. The van der Waals surface area contributed by atoms with Crippen LogP contribution in [0.3, 0.4) is 0 Å². The molecule has 2 rings (SSSR count). The Morgan fingerprint density at radius 3 is 2.88 bits per heavy atom. The highest BCUT2D eigenvalue weighted by molar-refractivity contribution is 5.84. The van der Waals surface area contributed by atoms with Gasteiger partial charge in [-0.15, -0.1) is 0 Å². The molecule has 0 spiro atoms. The fourth-order valence-electron chi connectivity index (χ4n) is 1.53. The molecule has 90 valence electrons. The van der Waals surface area contributed by atoms with Crippen molar-refractivity contribution < 1.29 is 9.21 Å². The van der Waals surface area contributed by atoms with Crippen LogP contribution < -0.4 is 17.3 Å². The monoisotopic (exact) mass is 236 g/mol. The van der Waals surface area contributed by atoms with Gasteiger partial charge in [0, 0.05) is 7.05 Å². The lowest BCUT2D eigenvalue weighted by atomic mass is 10.1. The van der Waals surface area contributed by atoms with Gasteiger partial charge in [0.2, 0.25) is 0 Å². The van der Waals surface area contributed by atoms with E-state index in [9.17, 15) is 9.59 Å². The number of aromatic amines is 1. The van der Waals surface area contributed by atoms with Crippen molar-refractivity contribution in [3.05, 3.63) is 34.3 Å². The van der Waals surface area contributed by atoms with Gasteiger partial charge in [-0.1, -0.05) is 6.07 Å². The molecule has 1 heterocycles. The largest absolute Gasteiger partial charge is 0.417 e. The first-order valence-electron chi connectivity index (χ1n) is 4.89. The third-order valence-electron chi connectivity index (χ3n) is 2.42. The van der Waals surface area contributed by atoms with Gasteiger partial charge in [0.15, 0.2) is 5.58 Å². The van der Waals surface area contributed by atoms with E-state index in [0.717, 1.165) is 5.01 Å². The van der Waals surface area contributed by atoms with Crippen molar-refractivity contribution >= 4 is 17.0 Å². The second-order valence-electron chi connectivity index (χ2n) is 3.70. The number of hydrogen-bond donors (Lipinski definition) is 3. The number of amides is 1. The third kappa shape index (κ3) is 2.05. The topological polar surface area (TPSA) is 118 Å². The van der Waals surface area contributed by atoms with Crippen molar-refractivity contribution in [1.82, 2.24) is 9.99 Å². The van der Waals surface area contributed by atoms with Gasteiger partial charge in [-0.25, -0.2) is 10.6 Å². The molecule has 1 unspecified atom stereocenters. The summed E-state index contributed by atoms with van der Waals surface area (Å²) in [5.74, 6) is 4.35. The molecule has 7 nitrogen and oxygen atoms in total. The number of hydrazine groups is 1. The summed E-state index contributed by atoms with van der Waals surface area (Å²) < 4.78 is 4.84. The fraction of sp³-hybridized carbons (Fsp3) is 0.200. The van der Waals surface area contributed by atoms with Crippen LogP contribution in [0.4, 0.5) is 0 Å². The summed E-state index contributed by atoms with van der Waals surface area (Å²) >= 11 is 0. The van der Waals surface area contributed by atoms with E-state index < -0.39 is 17.7 Å². The fourth-order valence-corrected chi connectivity index (χ4v) is 1.53. The highest BCUT2D eigenvalue weighted by atomic mass is 16.4. The van der Waals surface area contributed by atoms with E-state index in [0.29, 0.717) is 16.7 Å². The number of nitrogens with zero attached hydrogens (tertiary/aromatic N) is 1. The molecule has 0 fully saturated rings. The number of nitrogens with one attached hydrogen (secondary N) is 1. The standard InChI is InChI=1S/C10H12N4O3/c1-14(12)9(15)8(11)5-2-3-7-6(4-5)13-10(16)17-7/h2-4,8H,11-12H2,1H3,(H,13,16). The number of H-pyrrole nitrogens is 1. The molecule has 0 aliphatic carbocycles. The van der Waals surface area contributed by atoms with E-state index in [1.807, 2.05) is 0 Å². The molecule has 0 bridgehead atoms. The molecule has 1 amide bonds. The zero-order valence-corrected chi connectivity index (χ0v) is 9.14. The lowest BCUT2D eigenvalue weighted by Gasteiger charge is -2.16. The molecule has 5 N–H and O–H groups in total. The van der Waals surface area contributed by atoms with Crippen LogP contribution in [0.15, 0.2) is 27.4 Å². The molecule has 0 aliphatic heterocycles. The Bertz CT molecular complexity index is 613. The molecule has 1 atom stereocenters. The number of benzene rings is 1. The first kappa shape index (κ1) is 11.4. The van der Waals surface area contributed by atoms with Crippen LogP contribution >= 0.6 is 0 Å². The molecule has 0 aliphatic rings. The molecular formula is C10H12N4O3. The molecular weight excluding hydrogens is 224 g/mol. The van der Waals surface area contributed by atoms with Crippen LogP contribution in [0.5, 0.6) is 0 Å². The highest BCUT2D eigenvalue weighted by Crippen LogP contribution is 2.17. The van der Waals surface area contributed by atoms with Gasteiger partial charge in [0.25, 0.3) is 5.91 Å². The Morgan fingerprint density at radius 1 is 1.53 bits per heavy atom. The summed E-state index contributed by atoms with van der Waals surface area (Å²) in [4.78, 5) is 25.0. The zero-order valence-electron chi connectivity index (χ0n) is 9.14. The summed E-state index contributed by atoms with van der Waals surface area (Å²) in [6.07, 6.45) is 0. The van der Waals surface area contributed by atoms with E-state index in [1.165, 1.54) is 7.05 Å². The van der Waals surface area contributed by atoms with Crippen molar-refractivity contribution in [2.75, 3.05) is 7.05 Å². The number of nitrogens with two attached hydrogens (primary N) is 2. The molecule has 0 saturated carbocycles. The molecule has 1 aromatic heterocycles. The van der Waals surface area contributed by atoms with Gasteiger partial charge >= 0.3 is 5.76 Å². The highest BCUT2D eigenvalue weighted by Gasteiger charge is 2.18. The van der Waals surface area contributed by atoms with E-state index in [2.05, 4.69) is 4.98 Å². The Hall–Kier alpha value is -2.12. The van der Waals surface area contributed by atoms with Gasteiger partial charge < -0.3 is 10.2 Å². The Labute approximate surface area is 96.0 Å². The van der Waals surface area contributed by atoms with Crippen LogP contribution in [0.1, 0.15) is 11.6 Å². The SMILES string of the molecule is CN(N)C(=O)C(N)c1ccc2oc(=O)[nH]c2c1. The number of likely N-dealkylation sites (N-methyl/N-ethyl adjacent to an activating group) is 1. The molecule has 1 aromatic carbocycles. The second kappa shape index (κ2) is 4.04. The number of fused-ring (bicyclic) bond motifs is 1. The Balaban J connectivity index is 2.42. The maximum Gasteiger partial charge on any atom is 0.417 e. The van der Waals surface area contributed by atoms with E-state index in [-0.39, 0.29) is 0 Å². The van der Waals surface area contributed by atoms with E-state index >= 15 is 0 Å². The van der Waals surface area contributed by atoms with Crippen LogP contribution in [0, 0.1) is 0 Å². The zero-order chi connectivity index (χ0) is 12.6. The molecule has 17 heavy (non-hydrogen) atoms. The van der Waals surface area contributed by atoms with Crippen molar-refractivity contribution in [2.45, 2.75) is 6.04 Å². The van der Waals surface area contributed by atoms with Crippen LogP contribution in [0.2, 0.25) is 0 Å². The number of oxazole rings is 1. The van der Waals surface area contributed by atoms with Gasteiger partial charge in [0.1, 0.15) is 6.04 Å². The number of hydrogen-bond acceptors (Lipinski definition) is 5. The number of carbonyl (C=O) groups is 1. The summed E-state index contributed by atoms with van der Waals surface area (Å²) in [7, 11) is 1.42. The van der Waals surface area contributed by atoms with Gasteiger partial charge in [-0.05, 0) is 17.7 Å². The minimum Gasteiger partial charge on any atom is -0.408 e. The van der Waals surface area contributed by atoms with Crippen LogP contribution in [-0.2, 0) is 4.79 Å². The van der Waals surface area contributed by atoms with Crippen molar-refractivity contribution in [3.8, 4) is 0 Å². The first-order chi connectivity index (χ1) is 7.99. The predicted octanol–water partition coefficient (Wildman–Crippen LogP) is -0.547. The quantitative estimate of drug-likeness (QED) is 0.367. The van der Waals surface area contributed by atoms with Gasteiger partial charge in [-0.3, -0.25) is 14.8 Å². The lowest BCUT2D eigenvalue weighted by Crippen LogP contribution is -2.40. The van der Waals surface area contributed by atoms with Gasteiger partial charge in [0.05, 0.1) is 5.52 Å². The van der Waals surface area contributed by atoms with Crippen LogP contribution in [0.25, 0.3) is 11.1 Å². The van der Waals surface area contributed by atoms with Crippen molar-refractivity contribution in [2.24, 2.45) is 11.6 Å². The Kier molecular flexibility index (Phi) is 2.70. The van der Waals surface area contributed by atoms with Gasteiger partial charge in [-0.2, -0.15) is 0 Å². The summed E-state index contributed by atoms with van der Waals surface area (Å²) in [5.41, 5.74) is 7.21. The smallest absolute Gasteiger partial charge is 0.408 e. The number of aromatic nitrogens is 1. The molecule has 2 aromatic rings. The third-order valence-corrected chi connectivity index (χ3v) is 2.42. The molecule has 0 radical (unpaired) electrons. The predicted molar refractivity (Wildman–Crippen MR) is 60.7 cm³/mol. The average Bonchev–Trinajstić information content (AvgIpc) is 2.65. The van der Waals surface area contributed by atoms with E-state index in [4.69, 9.17) is 16.0 Å². The lowest BCUT2D eigenvalue weighted by molar-refractivity contribution is -0.131. The second-order valence-corrected chi connectivity index (χ2v) is 3.70.